The first-order valence-electron chi connectivity index (χ1n) is 3.82. The van der Waals surface area contributed by atoms with Crippen LogP contribution in [-0.4, -0.2) is 23.6 Å². The fourth-order valence-corrected chi connectivity index (χ4v) is 3.15. The van der Waals surface area contributed by atoms with Crippen molar-refractivity contribution in [2.45, 2.75) is 30.6 Å². The highest BCUT2D eigenvalue weighted by atomic mass is 32.2. The third-order valence-electron chi connectivity index (χ3n) is 2.29. The molecule has 0 aromatic rings. The van der Waals surface area contributed by atoms with E-state index < -0.39 is 0 Å². The maximum absolute atomic E-state index is 3.56. The molecule has 0 amide bonds. The lowest BCUT2D eigenvalue weighted by atomic mass is 10.2. The maximum Gasteiger partial charge on any atom is 0.0201 e. The first-order chi connectivity index (χ1) is 4.47. The van der Waals surface area contributed by atoms with E-state index >= 15 is 0 Å². The van der Waals surface area contributed by atoms with E-state index in [-0.39, 0.29) is 0 Å². The van der Waals surface area contributed by atoms with E-state index in [1.165, 1.54) is 31.6 Å². The number of thioether (sulfide) groups is 1. The second-order valence-electron chi connectivity index (χ2n) is 2.90. The molecule has 1 N–H and O–H groups in total. The summed E-state index contributed by atoms with van der Waals surface area (Å²) in [5.41, 5.74) is 0. The zero-order valence-corrected chi connectivity index (χ0v) is 6.41. The Morgan fingerprint density at radius 1 is 1.33 bits per heavy atom. The first kappa shape index (κ1) is 6.05. The summed E-state index contributed by atoms with van der Waals surface area (Å²) in [6.45, 7) is 1.24. The predicted molar refractivity (Wildman–Crippen MR) is 41.9 cm³/mol. The van der Waals surface area contributed by atoms with Crippen molar-refractivity contribution in [1.29, 1.82) is 0 Å². The third-order valence-corrected chi connectivity index (χ3v) is 3.73. The lowest BCUT2D eigenvalue weighted by Gasteiger charge is -2.25. The van der Waals surface area contributed by atoms with Crippen LogP contribution in [0.3, 0.4) is 0 Å². The van der Waals surface area contributed by atoms with Crippen LogP contribution in [0.15, 0.2) is 0 Å². The van der Waals surface area contributed by atoms with Gasteiger partial charge in [-0.05, 0) is 12.8 Å². The smallest absolute Gasteiger partial charge is 0.0201 e. The summed E-state index contributed by atoms with van der Waals surface area (Å²) in [5.74, 6) is 1.33. The van der Waals surface area contributed by atoms with Gasteiger partial charge in [0.1, 0.15) is 0 Å². The predicted octanol–water partition coefficient (Wildman–Crippen LogP) is 1.24. The highest BCUT2D eigenvalue weighted by molar-refractivity contribution is 8.00. The van der Waals surface area contributed by atoms with E-state index in [4.69, 9.17) is 0 Å². The van der Waals surface area contributed by atoms with Crippen LogP contribution in [0.4, 0.5) is 0 Å². The highest BCUT2D eigenvalue weighted by Crippen LogP contribution is 2.31. The molecule has 2 atom stereocenters. The summed E-state index contributed by atoms with van der Waals surface area (Å²) in [6.07, 6.45) is 4.34. The molecule has 2 heteroatoms. The van der Waals surface area contributed by atoms with E-state index in [1.807, 2.05) is 0 Å². The van der Waals surface area contributed by atoms with Crippen molar-refractivity contribution in [2.24, 2.45) is 0 Å². The average Bonchev–Trinajstić information content (AvgIpc) is 2.33. The Hall–Kier alpha value is 0.310. The van der Waals surface area contributed by atoms with Gasteiger partial charge in [0, 0.05) is 23.6 Å². The number of nitrogens with one attached hydrogen (secondary N) is 1. The van der Waals surface area contributed by atoms with Crippen LogP contribution >= 0.6 is 11.8 Å². The second-order valence-corrected chi connectivity index (χ2v) is 4.25. The van der Waals surface area contributed by atoms with E-state index in [2.05, 4.69) is 17.1 Å². The molecule has 1 saturated carbocycles. The molecule has 2 aliphatic rings. The molecule has 9 heavy (non-hydrogen) atoms. The van der Waals surface area contributed by atoms with E-state index in [0.717, 1.165) is 11.3 Å². The highest BCUT2D eigenvalue weighted by Gasteiger charge is 2.29. The van der Waals surface area contributed by atoms with Crippen molar-refractivity contribution in [1.82, 2.24) is 5.32 Å². The summed E-state index contributed by atoms with van der Waals surface area (Å²) < 4.78 is 0. The number of hydrogen-bond acceptors (Lipinski definition) is 2. The number of rotatable bonds is 0. The van der Waals surface area contributed by atoms with Gasteiger partial charge in [-0.2, -0.15) is 11.8 Å². The Balaban J connectivity index is 1.97. The van der Waals surface area contributed by atoms with Gasteiger partial charge in [0.05, 0.1) is 0 Å². The van der Waals surface area contributed by atoms with Gasteiger partial charge < -0.3 is 5.32 Å². The number of hydrogen-bond donors (Lipinski definition) is 1. The molecule has 0 bridgehead atoms. The van der Waals surface area contributed by atoms with Gasteiger partial charge in [-0.15, -0.1) is 0 Å². The van der Waals surface area contributed by atoms with Crippen molar-refractivity contribution in [3.8, 4) is 0 Å². The van der Waals surface area contributed by atoms with Crippen LogP contribution in [0.25, 0.3) is 0 Å². The van der Waals surface area contributed by atoms with Crippen LogP contribution < -0.4 is 5.32 Å². The second kappa shape index (κ2) is 2.51. The molecule has 52 valence electrons. The van der Waals surface area contributed by atoms with Crippen molar-refractivity contribution >= 4 is 11.8 Å². The van der Waals surface area contributed by atoms with Gasteiger partial charge in [-0.25, -0.2) is 0 Å². The topological polar surface area (TPSA) is 12.0 Å². The summed E-state index contributed by atoms with van der Waals surface area (Å²) in [5, 5.41) is 4.53. The van der Waals surface area contributed by atoms with Gasteiger partial charge in [0.25, 0.3) is 0 Å². The van der Waals surface area contributed by atoms with Crippen molar-refractivity contribution < 1.29 is 0 Å². The lowest BCUT2D eigenvalue weighted by molar-refractivity contribution is 0.539. The fourth-order valence-electron chi connectivity index (χ4n) is 1.81. The molecule has 2 rings (SSSR count). The van der Waals surface area contributed by atoms with Gasteiger partial charge in [-0.1, -0.05) is 6.42 Å². The molecule has 0 aromatic carbocycles. The lowest BCUT2D eigenvalue weighted by Crippen LogP contribution is -2.40. The van der Waals surface area contributed by atoms with Crippen LogP contribution in [0, 0.1) is 0 Å². The van der Waals surface area contributed by atoms with E-state index in [9.17, 15) is 0 Å². The Morgan fingerprint density at radius 2 is 2.33 bits per heavy atom. The minimum absolute atomic E-state index is 0.878. The largest absolute Gasteiger partial charge is 0.312 e. The van der Waals surface area contributed by atoms with Crippen LogP contribution in [0.1, 0.15) is 19.3 Å². The Bertz CT molecular complexity index is 93.1. The minimum Gasteiger partial charge on any atom is -0.312 e. The van der Waals surface area contributed by atoms with E-state index in [1.54, 1.807) is 0 Å². The average molecular weight is 143 g/mol. The summed E-state index contributed by atoms with van der Waals surface area (Å²) >= 11 is 2.17. The first-order valence-corrected chi connectivity index (χ1v) is 4.87. The molecule has 1 heterocycles. The van der Waals surface area contributed by atoms with Crippen molar-refractivity contribution in [2.75, 3.05) is 12.3 Å². The minimum atomic E-state index is 0.878. The fraction of sp³-hybridized carbons (Fsp3) is 1.00. The normalized spacial score (nSPS) is 42.7. The SMILES string of the molecule is C1C[C@@H]2NCCS[C@H]2C1. The number of fused-ring (bicyclic) bond motifs is 1. The molecule has 1 aliphatic carbocycles. The van der Waals surface area contributed by atoms with Gasteiger partial charge in [0.15, 0.2) is 0 Å². The molecular formula is C7H13NS. The molecule has 0 unspecified atom stereocenters. The molecule has 2 fully saturated rings. The quantitative estimate of drug-likeness (QED) is 0.547. The molecular weight excluding hydrogens is 130 g/mol. The molecule has 1 aliphatic heterocycles. The summed E-state index contributed by atoms with van der Waals surface area (Å²) in [4.78, 5) is 0. The van der Waals surface area contributed by atoms with Crippen LogP contribution in [0.5, 0.6) is 0 Å². The zero-order chi connectivity index (χ0) is 6.10. The Morgan fingerprint density at radius 3 is 3.22 bits per heavy atom. The van der Waals surface area contributed by atoms with Gasteiger partial charge in [-0.3, -0.25) is 0 Å². The molecule has 0 aromatic heterocycles. The standard InChI is InChI=1S/C7H13NS/c1-2-6-7(3-1)9-5-4-8-6/h6-8H,1-5H2/t6-,7-/m0/s1. The summed E-state index contributed by atoms with van der Waals surface area (Å²) in [7, 11) is 0. The van der Waals surface area contributed by atoms with Gasteiger partial charge in [0.2, 0.25) is 0 Å². The molecule has 0 radical (unpaired) electrons. The zero-order valence-electron chi connectivity index (χ0n) is 5.60. The van der Waals surface area contributed by atoms with Crippen LogP contribution in [0.2, 0.25) is 0 Å². The van der Waals surface area contributed by atoms with E-state index in [0.29, 0.717) is 0 Å². The van der Waals surface area contributed by atoms with Gasteiger partial charge >= 0.3 is 0 Å². The summed E-state index contributed by atoms with van der Waals surface area (Å²) in [6, 6.07) is 0.878. The van der Waals surface area contributed by atoms with Crippen molar-refractivity contribution in [3.63, 3.8) is 0 Å². The van der Waals surface area contributed by atoms with Crippen LogP contribution in [-0.2, 0) is 0 Å². The Kier molecular flexibility index (Phi) is 1.68. The maximum atomic E-state index is 3.56. The third kappa shape index (κ3) is 1.10. The molecule has 0 spiro atoms. The molecule has 1 nitrogen and oxygen atoms in total. The molecule has 1 saturated heterocycles. The Labute approximate surface area is 60.6 Å². The van der Waals surface area contributed by atoms with Crippen molar-refractivity contribution in [3.05, 3.63) is 0 Å². The monoisotopic (exact) mass is 143 g/mol.